The molecule has 3 rings (SSSR count). The largest absolute Gasteiger partial charge is 0.497 e. The van der Waals surface area contributed by atoms with Gasteiger partial charge in [0.25, 0.3) is 0 Å². The lowest BCUT2D eigenvalue weighted by Crippen LogP contribution is -2.35. The van der Waals surface area contributed by atoms with Crippen molar-refractivity contribution >= 4 is 17.5 Å². The number of hydrogen-bond donors (Lipinski definition) is 1. The number of nitrogens with one attached hydrogen (secondary N) is 1. The third kappa shape index (κ3) is 6.64. The van der Waals surface area contributed by atoms with Crippen LogP contribution in [0.2, 0.25) is 5.02 Å². The van der Waals surface area contributed by atoms with Crippen molar-refractivity contribution in [1.29, 1.82) is 0 Å². The Kier molecular flexibility index (Phi) is 8.40. The number of halogens is 1. The number of carbonyl (C=O) groups is 1. The summed E-state index contributed by atoms with van der Waals surface area (Å²) in [5, 5.41) is 3.79. The zero-order valence-electron chi connectivity index (χ0n) is 17.8. The van der Waals surface area contributed by atoms with Gasteiger partial charge in [0.1, 0.15) is 11.5 Å². The maximum Gasteiger partial charge on any atom is 0.220 e. The molecule has 0 bridgehead atoms. The fraction of sp³-hybridized carbons (Fsp3) is 0.458. The maximum absolute atomic E-state index is 12.4. The number of methoxy groups -OCH3 is 2. The molecule has 30 heavy (non-hydrogen) atoms. The molecule has 6 heteroatoms. The van der Waals surface area contributed by atoms with Crippen molar-refractivity contribution in [2.75, 3.05) is 27.3 Å². The minimum atomic E-state index is 0.0858. The Labute approximate surface area is 184 Å². The number of hydrogen-bond acceptors (Lipinski definition) is 4. The van der Waals surface area contributed by atoms with Crippen molar-refractivity contribution in [1.82, 2.24) is 10.2 Å². The van der Waals surface area contributed by atoms with Crippen molar-refractivity contribution in [3.05, 3.63) is 58.6 Å². The summed E-state index contributed by atoms with van der Waals surface area (Å²) in [4.78, 5) is 14.9. The summed E-state index contributed by atoms with van der Waals surface area (Å²) in [6.45, 7) is 3.56. The molecular weight excluding hydrogens is 400 g/mol. The van der Waals surface area contributed by atoms with Gasteiger partial charge in [0.05, 0.1) is 14.2 Å². The molecule has 0 unspecified atom stereocenters. The van der Waals surface area contributed by atoms with Gasteiger partial charge in [-0.25, -0.2) is 0 Å². The van der Waals surface area contributed by atoms with E-state index in [2.05, 4.69) is 22.3 Å². The molecule has 0 radical (unpaired) electrons. The van der Waals surface area contributed by atoms with Gasteiger partial charge in [-0.1, -0.05) is 23.7 Å². The summed E-state index contributed by atoms with van der Waals surface area (Å²) in [7, 11) is 3.25. The number of likely N-dealkylation sites (tertiary alicyclic amines) is 1. The molecular formula is C24H31ClN2O3. The van der Waals surface area contributed by atoms with Crippen LogP contribution in [0.15, 0.2) is 42.5 Å². The van der Waals surface area contributed by atoms with Crippen LogP contribution in [0.4, 0.5) is 0 Å². The van der Waals surface area contributed by atoms with Gasteiger partial charge in [-0.2, -0.15) is 0 Å². The number of piperidine rings is 1. The minimum absolute atomic E-state index is 0.0858. The molecule has 0 saturated carbocycles. The minimum Gasteiger partial charge on any atom is -0.497 e. The van der Waals surface area contributed by atoms with Gasteiger partial charge in [0.15, 0.2) is 0 Å². The zero-order chi connectivity index (χ0) is 21.3. The van der Waals surface area contributed by atoms with Crippen LogP contribution in [-0.2, 0) is 17.9 Å². The summed E-state index contributed by atoms with van der Waals surface area (Å²) >= 11 is 5.98. The molecule has 1 aliphatic rings. The average Bonchev–Trinajstić information content (AvgIpc) is 2.78. The van der Waals surface area contributed by atoms with E-state index >= 15 is 0 Å². The molecule has 1 N–H and O–H groups in total. The van der Waals surface area contributed by atoms with Crippen LogP contribution in [0, 0.1) is 5.92 Å². The second-order valence-electron chi connectivity index (χ2n) is 7.86. The Bertz CT molecular complexity index is 826. The molecule has 2 aromatic rings. The number of carbonyl (C=O) groups excluding carboxylic acids is 1. The highest BCUT2D eigenvalue weighted by molar-refractivity contribution is 6.30. The lowest BCUT2D eigenvalue weighted by molar-refractivity contribution is -0.121. The van der Waals surface area contributed by atoms with E-state index in [1.54, 1.807) is 14.2 Å². The number of ether oxygens (including phenoxy) is 2. The fourth-order valence-corrected chi connectivity index (χ4v) is 4.12. The summed E-state index contributed by atoms with van der Waals surface area (Å²) in [5.41, 5.74) is 2.23. The molecule has 0 aromatic heterocycles. The van der Waals surface area contributed by atoms with Gasteiger partial charge in [0.2, 0.25) is 5.91 Å². The molecule has 162 valence electrons. The first-order chi connectivity index (χ1) is 14.6. The molecule has 1 aliphatic heterocycles. The Hall–Kier alpha value is -2.24. The van der Waals surface area contributed by atoms with Gasteiger partial charge in [-0.05, 0) is 61.6 Å². The van der Waals surface area contributed by atoms with Crippen molar-refractivity contribution in [2.45, 2.75) is 38.8 Å². The molecule has 0 spiro atoms. The smallest absolute Gasteiger partial charge is 0.220 e. The fourth-order valence-electron chi connectivity index (χ4n) is 3.99. The molecule has 5 nitrogen and oxygen atoms in total. The molecule has 1 amide bonds. The predicted molar refractivity (Wildman–Crippen MR) is 120 cm³/mol. The van der Waals surface area contributed by atoms with E-state index < -0.39 is 0 Å². The van der Waals surface area contributed by atoms with Crippen LogP contribution < -0.4 is 14.8 Å². The molecule has 2 aromatic carbocycles. The van der Waals surface area contributed by atoms with Crippen LogP contribution in [0.25, 0.3) is 0 Å². The Balaban J connectivity index is 1.42. The summed E-state index contributed by atoms with van der Waals surface area (Å²) < 4.78 is 10.6. The summed E-state index contributed by atoms with van der Waals surface area (Å²) in [6, 6.07) is 13.7. The lowest BCUT2D eigenvalue weighted by Gasteiger charge is -2.32. The van der Waals surface area contributed by atoms with Crippen LogP contribution >= 0.6 is 11.6 Å². The Morgan fingerprint density at radius 3 is 2.70 bits per heavy atom. The molecule has 1 fully saturated rings. The lowest BCUT2D eigenvalue weighted by atomic mass is 9.93. The second kappa shape index (κ2) is 11.2. The van der Waals surface area contributed by atoms with E-state index in [1.165, 1.54) is 18.4 Å². The van der Waals surface area contributed by atoms with E-state index in [-0.39, 0.29) is 5.91 Å². The van der Waals surface area contributed by atoms with E-state index in [9.17, 15) is 4.79 Å². The van der Waals surface area contributed by atoms with Gasteiger partial charge in [-0.15, -0.1) is 0 Å². The summed E-state index contributed by atoms with van der Waals surface area (Å²) in [5.74, 6) is 2.11. The summed E-state index contributed by atoms with van der Waals surface area (Å²) in [6.07, 6.45) is 3.85. The van der Waals surface area contributed by atoms with Gasteiger partial charge >= 0.3 is 0 Å². The second-order valence-corrected chi connectivity index (χ2v) is 8.30. The molecule has 1 atom stereocenters. The quantitative estimate of drug-likeness (QED) is 0.628. The number of amides is 1. The third-order valence-corrected chi connectivity index (χ3v) is 5.92. The van der Waals surface area contributed by atoms with E-state index in [1.807, 2.05) is 30.3 Å². The van der Waals surface area contributed by atoms with Crippen LogP contribution in [-0.4, -0.2) is 38.1 Å². The van der Waals surface area contributed by atoms with Crippen LogP contribution in [0.1, 0.15) is 36.8 Å². The average molecular weight is 431 g/mol. The monoisotopic (exact) mass is 430 g/mol. The van der Waals surface area contributed by atoms with E-state index in [0.29, 0.717) is 18.9 Å². The third-order valence-electron chi connectivity index (χ3n) is 5.67. The highest BCUT2D eigenvalue weighted by Crippen LogP contribution is 2.25. The van der Waals surface area contributed by atoms with Gasteiger partial charge < -0.3 is 14.8 Å². The molecule has 1 heterocycles. The van der Waals surface area contributed by atoms with Gasteiger partial charge in [-0.3, -0.25) is 9.69 Å². The highest BCUT2D eigenvalue weighted by atomic mass is 35.5. The van der Waals surface area contributed by atoms with Crippen LogP contribution in [0.3, 0.4) is 0 Å². The van der Waals surface area contributed by atoms with E-state index in [0.717, 1.165) is 48.1 Å². The standard InChI is InChI=1S/C24H31ClN2O3/c1-29-22-11-8-20(23(14-22)30-2)15-26-24(28)12-7-18-4-3-13-27(16-18)17-19-5-9-21(25)10-6-19/h5-6,8-11,14,18H,3-4,7,12-13,15-17H2,1-2H3,(H,26,28)/t18-/m0/s1. The normalized spacial score (nSPS) is 16.8. The topological polar surface area (TPSA) is 50.8 Å². The first-order valence-electron chi connectivity index (χ1n) is 10.5. The van der Waals surface area contributed by atoms with E-state index in [4.69, 9.17) is 21.1 Å². The van der Waals surface area contributed by atoms with Gasteiger partial charge in [0, 0.05) is 42.7 Å². The molecule has 0 aliphatic carbocycles. The van der Waals surface area contributed by atoms with Crippen molar-refractivity contribution in [3.63, 3.8) is 0 Å². The number of rotatable bonds is 9. The number of nitrogens with zero attached hydrogens (tertiary/aromatic N) is 1. The Morgan fingerprint density at radius 1 is 1.17 bits per heavy atom. The molecule has 1 saturated heterocycles. The van der Waals surface area contributed by atoms with Crippen molar-refractivity contribution in [2.24, 2.45) is 5.92 Å². The first kappa shape index (κ1) is 22.4. The van der Waals surface area contributed by atoms with Crippen molar-refractivity contribution < 1.29 is 14.3 Å². The SMILES string of the molecule is COc1ccc(CNC(=O)CC[C@@H]2CCCN(Cc3ccc(Cl)cc3)C2)c(OC)c1. The number of benzene rings is 2. The maximum atomic E-state index is 12.4. The first-order valence-corrected chi connectivity index (χ1v) is 10.9. The zero-order valence-corrected chi connectivity index (χ0v) is 18.6. The Morgan fingerprint density at radius 2 is 1.97 bits per heavy atom. The highest BCUT2D eigenvalue weighted by Gasteiger charge is 2.20. The van der Waals surface area contributed by atoms with Crippen molar-refractivity contribution in [3.8, 4) is 11.5 Å². The predicted octanol–water partition coefficient (Wildman–Crippen LogP) is 4.67. The van der Waals surface area contributed by atoms with Crippen LogP contribution in [0.5, 0.6) is 11.5 Å².